The molecule has 116 valence electrons. The summed E-state index contributed by atoms with van der Waals surface area (Å²) < 4.78 is 61.5. The van der Waals surface area contributed by atoms with Gasteiger partial charge < -0.3 is 0 Å². The van der Waals surface area contributed by atoms with E-state index >= 15 is 0 Å². The topological polar surface area (TPSA) is 3.01 Å². The molecule has 0 saturated heterocycles. The average molecular weight is 319 g/mol. The van der Waals surface area contributed by atoms with Crippen LogP contribution in [0.15, 0.2) is 24.3 Å². The quantitative estimate of drug-likeness (QED) is 0.309. The predicted molar refractivity (Wildman–Crippen MR) is 69.6 cm³/mol. The SMILES string of the molecule is CC1=[N+](C)c2ccccc2C1(C)C.F[P-](F)(F)(F)(F)F. The van der Waals surface area contributed by atoms with E-state index in [-0.39, 0.29) is 5.41 Å². The molecule has 1 aromatic carbocycles. The molecule has 0 aromatic heterocycles. The monoisotopic (exact) mass is 319 g/mol. The molecule has 0 amide bonds. The van der Waals surface area contributed by atoms with Crippen molar-refractivity contribution in [2.75, 3.05) is 7.05 Å². The molecule has 1 aromatic rings. The van der Waals surface area contributed by atoms with Crippen molar-refractivity contribution in [2.24, 2.45) is 0 Å². The van der Waals surface area contributed by atoms with Gasteiger partial charge in [0, 0.05) is 18.6 Å². The van der Waals surface area contributed by atoms with Crippen LogP contribution in [-0.4, -0.2) is 17.3 Å². The first-order chi connectivity index (χ1) is 8.50. The Morgan fingerprint density at radius 2 is 1.35 bits per heavy atom. The number of fused-ring (bicyclic) bond motifs is 1. The van der Waals surface area contributed by atoms with E-state index in [0.717, 1.165) is 0 Å². The van der Waals surface area contributed by atoms with Gasteiger partial charge in [0.25, 0.3) is 0 Å². The third kappa shape index (κ3) is 4.78. The summed E-state index contributed by atoms with van der Waals surface area (Å²) in [5.41, 5.74) is 4.42. The van der Waals surface area contributed by atoms with Gasteiger partial charge in [-0.15, -0.1) is 0 Å². The van der Waals surface area contributed by atoms with E-state index in [1.165, 1.54) is 17.0 Å². The van der Waals surface area contributed by atoms with Crippen LogP contribution in [0.2, 0.25) is 0 Å². The van der Waals surface area contributed by atoms with E-state index < -0.39 is 7.81 Å². The molecule has 1 aliphatic heterocycles. The molecular formula is C12H16F6NP. The molecule has 1 heterocycles. The maximum atomic E-state index is 9.87. The van der Waals surface area contributed by atoms with Crippen LogP contribution in [0.1, 0.15) is 26.3 Å². The van der Waals surface area contributed by atoms with Crippen LogP contribution in [0, 0.1) is 0 Å². The summed E-state index contributed by atoms with van der Waals surface area (Å²) in [6.07, 6.45) is 0. The van der Waals surface area contributed by atoms with Crippen molar-refractivity contribution in [2.45, 2.75) is 26.2 Å². The van der Waals surface area contributed by atoms with Crippen LogP contribution in [0.3, 0.4) is 0 Å². The summed E-state index contributed by atoms with van der Waals surface area (Å²) >= 11 is 0. The zero-order valence-electron chi connectivity index (χ0n) is 11.5. The maximum absolute atomic E-state index is 10.7. The number of rotatable bonds is 0. The van der Waals surface area contributed by atoms with Crippen LogP contribution in [0.5, 0.6) is 0 Å². The number of hydrogen-bond donors (Lipinski definition) is 0. The molecule has 0 unspecified atom stereocenters. The first-order valence-corrected chi connectivity index (χ1v) is 7.76. The zero-order chi connectivity index (χ0) is 16.0. The molecule has 0 atom stereocenters. The van der Waals surface area contributed by atoms with Gasteiger partial charge in [-0.3, -0.25) is 0 Å². The molecule has 0 saturated carbocycles. The average Bonchev–Trinajstić information content (AvgIpc) is 2.37. The molecule has 0 spiro atoms. The predicted octanol–water partition coefficient (Wildman–Crippen LogP) is 6.09. The van der Waals surface area contributed by atoms with Gasteiger partial charge in [0.1, 0.15) is 7.05 Å². The van der Waals surface area contributed by atoms with Gasteiger partial charge >= 0.3 is 33.0 Å². The van der Waals surface area contributed by atoms with Crippen LogP contribution >= 0.6 is 7.81 Å². The van der Waals surface area contributed by atoms with Gasteiger partial charge in [0.15, 0.2) is 5.71 Å². The summed E-state index contributed by atoms with van der Waals surface area (Å²) in [6.45, 7) is 6.77. The van der Waals surface area contributed by atoms with E-state index in [1.54, 1.807) is 0 Å². The van der Waals surface area contributed by atoms with E-state index in [1.807, 2.05) is 0 Å². The first kappa shape index (κ1) is 17.0. The molecule has 0 bridgehead atoms. The van der Waals surface area contributed by atoms with Gasteiger partial charge in [-0.05, 0) is 13.8 Å². The molecule has 20 heavy (non-hydrogen) atoms. The molecule has 2 rings (SSSR count). The van der Waals surface area contributed by atoms with Crippen LogP contribution in [-0.2, 0) is 5.41 Å². The number of nitrogens with zero attached hydrogens (tertiary/aromatic N) is 1. The molecule has 0 radical (unpaired) electrons. The Kier molecular flexibility index (Phi) is 3.36. The Morgan fingerprint density at radius 1 is 0.950 bits per heavy atom. The fraction of sp³-hybridized carbons (Fsp3) is 0.417. The summed E-state index contributed by atoms with van der Waals surface area (Å²) in [5.74, 6) is 0. The Balaban J connectivity index is 0.000000246. The van der Waals surface area contributed by atoms with E-state index in [2.05, 4.69) is 56.7 Å². The van der Waals surface area contributed by atoms with Crippen molar-refractivity contribution in [3.63, 3.8) is 0 Å². The third-order valence-electron chi connectivity index (χ3n) is 3.35. The molecule has 0 aliphatic carbocycles. The second-order valence-electron chi connectivity index (χ2n) is 5.24. The van der Waals surface area contributed by atoms with Gasteiger partial charge in [-0.1, -0.05) is 18.2 Å². The summed E-state index contributed by atoms with van der Waals surface area (Å²) in [6, 6.07) is 8.63. The van der Waals surface area contributed by atoms with Crippen molar-refractivity contribution in [1.29, 1.82) is 0 Å². The molecular weight excluding hydrogens is 303 g/mol. The fourth-order valence-electron chi connectivity index (χ4n) is 2.09. The molecule has 1 aliphatic rings. The number of para-hydroxylation sites is 1. The Morgan fingerprint density at radius 3 is 1.75 bits per heavy atom. The van der Waals surface area contributed by atoms with Crippen molar-refractivity contribution in [1.82, 2.24) is 0 Å². The summed E-state index contributed by atoms with van der Waals surface area (Å²) in [4.78, 5) is 0. The van der Waals surface area contributed by atoms with E-state index in [9.17, 15) is 25.2 Å². The molecule has 1 nitrogen and oxygen atoms in total. The van der Waals surface area contributed by atoms with Crippen molar-refractivity contribution >= 4 is 19.2 Å². The number of hydrogen-bond acceptors (Lipinski definition) is 0. The Labute approximate surface area is 113 Å². The zero-order valence-corrected chi connectivity index (χ0v) is 12.4. The Bertz CT molecular complexity index is 559. The molecule has 0 fully saturated rings. The fourth-order valence-corrected chi connectivity index (χ4v) is 2.09. The van der Waals surface area contributed by atoms with Gasteiger partial charge in [0.05, 0.1) is 5.41 Å². The van der Waals surface area contributed by atoms with Crippen molar-refractivity contribution in [3.05, 3.63) is 29.8 Å². The van der Waals surface area contributed by atoms with Crippen LogP contribution < -0.4 is 0 Å². The summed E-state index contributed by atoms with van der Waals surface area (Å²) in [5, 5.41) is 0. The standard InChI is InChI=1S/C12H16N.F6P/c1-9-12(2,3)10-7-5-6-8-11(10)13(9)4;1-7(2,3,4,5)6/h5-8H,1-4H3;/q+1;-1. The summed E-state index contributed by atoms with van der Waals surface area (Å²) in [7, 11) is -8.52. The van der Waals surface area contributed by atoms with Crippen molar-refractivity contribution in [3.8, 4) is 0 Å². The van der Waals surface area contributed by atoms with Gasteiger partial charge in [0.2, 0.25) is 5.69 Å². The number of benzene rings is 1. The second-order valence-corrected chi connectivity index (χ2v) is 7.16. The minimum atomic E-state index is -10.7. The third-order valence-corrected chi connectivity index (χ3v) is 3.35. The van der Waals surface area contributed by atoms with E-state index in [0.29, 0.717) is 0 Å². The normalized spacial score (nSPS) is 20.5. The molecule has 0 N–H and O–H groups in total. The minimum absolute atomic E-state index is 0.200. The second kappa shape index (κ2) is 3.97. The van der Waals surface area contributed by atoms with Gasteiger partial charge in [-0.2, -0.15) is 0 Å². The van der Waals surface area contributed by atoms with Gasteiger partial charge in [-0.25, -0.2) is 4.58 Å². The number of halogens is 6. The van der Waals surface area contributed by atoms with Crippen molar-refractivity contribution < 1.29 is 29.8 Å². The van der Waals surface area contributed by atoms with E-state index in [4.69, 9.17) is 0 Å². The Hall–Kier alpha value is -1.10. The van der Waals surface area contributed by atoms with Crippen LogP contribution in [0.25, 0.3) is 0 Å². The van der Waals surface area contributed by atoms with Crippen LogP contribution in [0.4, 0.5) is 30.9 Å². The first-order valence-electron chi connectivity index (χ1n) is 5.74. The molecule has 8 heteroatoms.